The summed E-state index contributed by atoms with van der Waals surface area (Å²) in [6.45, 7) is 4.84. The summed E-state index contributed by atoms with van der Waals surface area (Å²) in [6, 6.07) is 3.13. The van der Waals surface area contributed by atoms with Gasteiger partial charge in [-0.1, -0.05) is 0 Å². The molecule has 82 valence electrons. The summed E-state index contributed by atoms with van der Waals surface area (Å²) >= 11 is 3.16. The van der Waals surface area contributed by atoms with Crippen LogP contribution in [0.4, 0.5) is 10.1 Å². The minimum atomic E-state index is -0.298. The number of nitrogens with one attached hydrogen (secondary N) is 1. The van der Waals surface area contributed by atoms with Gasteiger partial charge in [-0.25, -0.2) is 4.39 Å². The highest BCUT2D eigenvalue weighted by atomic mass is 79.9. The number of fused-ring (bicyclic) bond motifs is 1. The van der Waals surface area contributed by atoms with Gasteiger partial charge in [-0.05, 0) is 35.8 Å². The lowest BCUT2D eigenvalue weighted by molar-refractivity contribution is 0.108. The number of hydrogen-bond donors (Lipinski definition) is 1. The standard InChI is InChI=1S/C11H13BrFNO/c1-11(2)3-4-14-9-5-7(12)8(13)6-10(9)15-11/h5-6,14H,3-4H2,1-2H3. The molecule has 1 aromatic rings. The highest BCUT2D eigenvalue weighted by Gasteiger charge is 2.25. The third-order valence-corrected chi connectivity index (χ3v) is 3.06. The smallest absolute Gasteiger partial charge is 0.146 e. The molecule has 0 radical (unpaired) electrons. The van der Waals surface area contributed by atoms with E-state index in [0.29, 0.717) is 10.2 Å². The minimum absolute atomic E-state index is 0.251. The number of hydrogen-bond acceptors (Lipinski definition) is 2. The molecule has 0 bridgehead atoms. The van der Waals surface area contributed by atoms with Crippen molar-refractivity contribution < 1.29 is 9.13 Å². The lowest BCUT2D eigenvalue weighted by atomic mass is 10.1. The Balaban J connectivity index is 2.43. The van der Waals surface area contributed by atoms with Crippen molar-refractivity contribution in [2.24, 2.45) is 0 Å². The maximum Gasteiger partial charge on any atom is 0.146 e. The maximum atomic E-state index is 13.3. The van der Waals surface area contributed by atoms with Gasteiger partial charge in [0, 0.05) is 19.0 Å². The summed E-state index contributed by atoms with van der Waals surface area (Å²) in [5.41, 5.74) is 0.590. The quantitative estimate of drug-likeness (QED) is 0.781. The fourth-order valence-electron chi connectivity index (χ4n) is 1.60. The summed E-state index contributed by atoms with van der Waals surface area (Å²) in [5, 5.41) is 3.23. The highest BCUT2D eigenvalue weighted by Crippen LogP contribution is 2.35. The second-order valence-electron chi connectivity index (χ2n) is 4.30. The Morgan fingerprint density at radius 2 is 2.20 bits per heavy atom. The first-order valence-corrected chi connectivity index (χ1v) is 5.69. The van der Waals surface area contributed by atoms with Crippen molar-refractivity contribution in [2.45, 2.75) is 25.9 Å². The summed E-state index contributed by atoms with van der Waals surface area (Å²) < 4.78 is 19.5. The average Bonchev–Trinajstić information content (AvgIpc) is 2.24. The number of halogens is 2. The van der Waals surface area contributed by atoms with E-state index in [1.54, 1.807) is 6.07 Å². The topological polar surface area (TPSA) is 21.3 Å². The molecular formula is C11H13BrFNO. The molecule has 1 N–H and O–H groups in total. The summed E-state index contributed by atoms with van der Waals surface area (Å²) in [6.07, 6.45) is 0.890. The van der Waals surface area contributed by atoms with Crippen LogP contribution in [0.2, 0.25) is 0 Å². The Bertz CT molecular complexity index is 392. The minimum Gasteiger partial charge on any atom is -0.486 e. The maximum absolute atomic E-state index is 13.3. The van der Waals surface area contributed by atoms with Gasteiger partial charge in [-0.2, -0.15) is 0 Å². The molecular weight excluding hydrogens is 261 g/mol. The molecule has 0 unspecified atom stereocenters. The van der Waals surface area contributed by atoms with E-state index >= 15 is 0 Å². The lowest BCUT2D eigenvalue weighted by Gasteiger charge is -2.23. The van der Waals surface area contributed by atoms with Crippen molar-refractivity contribution in [3.05, 3.63) is 22.4 Å². The second-order valence-corrected chi connectivity index (χ2v) is 5.16. The third kappa shape index (κ3) is 2.25. The van der Waals surface area contributed by atoms with E-state index in [1.807, 2.05) is 13.8 Å². The predicted octanol–water partition coefficient (Wildman–Crippen LogP) is 3.56. The van der Waals surface area contributed by atoms with Crippen molar-refractivity contribution in [1.82, 2.24) is 0 Å². The van der Waals surface area contributed by atoms with Crippen LogP contribution in [0, 0.1) is 5.82 Å². The van der Waals surface area contributed by atoms with Crippen LogP contribution >= 0.6 is 15.9 Å². The van der Waals surface area contributed by atoms with Crippen molar-refractivity contribution in [3.8, 4) is 5.75 Å². The van der Waals surface area contributed by atoms with Gasteiger partial charge in [0.15, 0.2) is 0 Å². The molecule has 0 saturated carbocycles. The first-order chi connectivity index (χ1) is 6.98. The van der Waals surface area contributed by atoms with Crippen LogP contribution in [-0.4, -0.2) is 12.1 Å². The number of anilines is 1. The zero-order chi connectivity index (χ0) is 11.1. The zero-order valence-electron chi connectivity index (χ0n) is 8.73. The average molecular weight is 274 g/mol. The molecule has 0 spiro atoms. The SMILES string of the molecule is CC1(C)CCNc2cc(Br)c(F)cc2O1. The molecule has 0 atom stereocenters. The van der Waals surface area contributed by atoms with Gasteiger partial charge >= 0.3 is 0 Å². The van der Waals surface area contributed by atoms with Crippen molar-refractivity contribution in [1.29, 1.82) is 0 Å². The molecule has 0 amide bonds. The molecule has 0 aromatic heterocycles. The Hall–Kier alpha value is -0.770. The molecule has 0 fully saturated rings. The van der Waals surface area contributed by atoms with Crippen LogP contribution in [-0.2, 0) is 0 Å². The Morgan fingerprint density at radius 1 is 1.47 bits per heavy atom. The lowest BCUT2D eigenvalue weighted by Crippen LogP contribution is -2.28. The molecule has 0 saturated heterocycles. The molecule has 15 heavy (non-hydrogen) atoms. The van der Waals surface area contributed by atoms with Crippen LogP contribution in [0.3, 0.4) is 0 Å². The number of rotatable bonds is 0. The third-order valence-electron chi connectivity index (χ3n) is 2.45. The van der Waals surface area contributed by atoms with Gasteiger partial charge in [0.05, 0.1) is 10.2 Å². The Morgan fingerprint density at radius 3 is 2.93 bits per heavy atom. The summed E-state index contributed by atoms with van der Waals surface area (Å²) in [5.74, 6) is 0.284. The van der Waals surface area contributed by atoms with Gasteiger partial charge in [0.2, 0.25) is 0 Å². The number of ether oxygens (including phenoxy) is 1. The van der Waals surface area contributed by atoms with Crippen molar-refractivity contribution in [3.63, 3.8) is 0 Å². The van der Waals surface area contributed by atoms with E-state index in [9.17, 15) is 4.39 Å². The van der Waals surface area contributed by atoms with E-state index in [4.69, 9.17) is 4.74 Å². The van der Waals surface area contributed by atoms with Gasteiger partial charge in [0.1, 0.15) is 17.2 Å². The van der Waals surface area contributed by atoms with Crippen molar-refractivity contribution in [2.75, 3.05) is 11.9 Å². The molecule has 1 aliphatic rings. The largest absolute Gasteiger partial charge is 0.486 e. The van der Waals surface area contributed by atoms with Crippen LogP contribution < -0.4 is 10.1 Å². The summed E-state index contributed by atoms with van der Waals surface area (Å²) in [7, 11) is 0. The van der Waals surface area contributed by atoms with Crippen LogP contribution in [0.25, 0.3) is 0 Å². The molecule has 4 heteroatoms. The normalized spacial score (nSPS) is 18.4. The van der Waals surface area contributed by atoms with Gasteiger partial charge in [-0.15, -0.1) is 0 Å². The van der Waals surface area contributed by atoms with Gasteiger partial charge < -0.3 is 10.1 Å². The van der Waals surface area contributed by atoms with E-state index in [-0.39, 0.29) is 11.4 Å². The fraction of sp³-hybridized carbons (Fsp3) is 0.455. The van der Waals surface area contributed by atoms with E-state index in [1.165, 1.54) is 6.07 Å². The monoisotopic (exact) mass is 273 g/mol. The summed E-state index contributed by atoms with van der Waals surface area (Å²) in [4.78, 5) is 0. The van der Waals surface area contributed by atoms with Crippen molar-refractivity contribution >= 4 is 21.6 Å². The van der Waals surface area contributed by atoms with Crippen LogP contribution in [0.15, 0.2) is 16.6 Å². The van der Waals surface area contributed by atoms with Crippen LogP contribution in [0.1, 0.15) is 20.3 Å². The molecule has 1 aliphatic heterocycles. The predicted molar refractivity (Wildman–Crippen MR) is 61.9 cm³/mol. The molecule has 1 aromatic carbocycles. The van der Waals surface area contributed by atoms with E-state index in [2.05, 4.69) is 21.2 Å². The molecule has 1 heterocycles. The number of benzene rings is 1. The van der Waals surface area contributed by atoms with Gasteiger partial charge in [-0.3, -0.25) is 0 Å². The zero-order valence-corrected chi connectivity index (χ0v) is 10.3. The molecule has 0 aliphatic carbocycles. The molecule has 2 nitrogen and oxygen atoms in total. The second kappa shape index (κ2) is 3.67. The molecule has 2 rings (SSSR count). The first-order valence-electron chi connectivity index (χ1n) is 4.90. The van der Waals surface area contributed by atoms with Crippen LogP contribution in [0.5, 0.6) is 5.75 Å². The first kappa shape index (κ1) is 10.7. The van der Waals surface area contributed by atoms with E-state index < -0.39 is 0 Å². The Labute approximate surface area is 96.9 Å². The van der Waals surface area contributed by atoms with Gasteiger partial charge in [0.25, 0.3) is 0 Å². The fourth-order valence-corrected chi connectivity index (χ4v) is 1.94. The Kier molecular flexibility index (Phi) is 2.63. The van der Waals surface area contributed by atoms with E-state index in [0.717, 1.165) is 18.7 Å². The highest BCUT2D eigenvalue weighted by molar-refractivity contribution is 9.10.